The first-order valence-electron chi connectivity index (χ1n) is 19.1. The van der Waals surface area contributed by atoms with Crippen LogP contribution in [0.5, 0.6) is 34.5 Å². The van der Waals surface area contributed by atoms with Crippen molar-refractivity contribution in [2.45, 2.75) is 45.2 Å². The molecule has 0 saturated heterocycles. The molecule has 0 aliphatic carbocycles. The van der Waals surface area contributed by atoms with E-state index in [2.05, 4.69) is 61.4 Å². The van der Waals surface area contributed by atoms with Crippen molar-refractivity contribution >= 4 is 34.6 Å². The minimum atomic E-state index is -0.864. The first kappa shape index (κ1) is 41.7. The van der Waals surface area contributed by atoms with Crippen LogP contribution in [0, 0.1) is 0 Å². The number of halogens is 1. The number of aromatic nitrogens is 4. The molecule has 2 atom stereocenters. The van der Waals surface area contributed by atoms with E-state index in [0.717, 1.165) is 62.6 Å². The van der Waals surface area contributed by atoms with Crippen molar-refractivity contribution in [1.29, 1.82) is 0 Å². The maximum Gasteiger partial charge on any atom is 0.283 e. The third kappa shape index (κ3) is 7.96. The molecular weight excluding hydrogens is 875 g/mol. The number of aliphatic imine (C=N–C) groups is 2. The smallest absolute Gasteiger partial charge is 0.283 e. The summed E-state index contributed by atoms with van der Waals surface area (Å²) in [5.41, 5.74) is 17.1. The van der Waals surface area contributed by atoms with E-state index in [1.165, 1.54) is 23.5 Å². The zero-order valence-corrected chi connectivity index (χ0v) is 34.5. The topological polar surface area (TPSA) is 195 Å². The third-order valence-corrected chi connectivity index (χ3v) is 11.1. The molecule has 2 aromatic heterocycles. The second-order valence-electron chi connectivity index (χ2n) is 14.0. The minimum Gasteiger partial charge on any atom is -0.508 e. The van der Waals surface area contributed by atoms with Gasteiger partial charge in [-0.05, 0) is 89.1 Å². The largest absolute Gasteiger partial charge is 0.508 e. The van der Waals surface area contributed by atoms with E-state index >= 15 is 0 Å². The summed E-state index contributed by atoms with van der Waals surface area (Å²) < 4.78 is 30.5. The Hall–Kier alpha value is -6.49. The van der Waals surface area contributed by atoms with Crippen LogP contribution in [0.2, 0.25) is 0 Å². The number of rotatable bonds is 6. The lowest BCUT2D eigenvalue weighted by Gasteiger charge is -2.34. The monoisotopic (exact) mass is 920 g/mol. The van der Waals surface area contributed by atoms with Gasteiger partial charge in [-0.2, -0.15) is 0 Å². The Morgan fingerprint density at radius 2 is 1.05 bits per heavy atom. The highest BCUT2D eigenvalue weighted by molar-refractivity contribution is 14.1. The summed E-state index contributed by atoms with van der Waals surface area (Å²) >= 11 is 2.35. The van der Waals surface area contributed by atoms with E-state index in [4.69, 9.17) is 40.1 Å². The number of hydrogen-bond donors (Lipinski definition) is 3. The van der Waals surface area contributed by atoms with E-state index in [0.29, 0.717) is 30.3 Å². The van der Waals surface area contributed by atoms with Gasteiger partial charge in [-0.3, -0.25) is 0 Å². The summed E-state index contributed by atoms with van der Waals surface area (Å²) in [6, 6.07) is 22.8. The summed E-state index contributed by atoms with van der Waals surface area (Å²) in [6.45, 7) is 5.42. The van der Waals surface area contributed by atoms with E-state index in [-0.39, 0.29) is 31.8 Å². The molecule has 4 aliphatic rings. The molecule has 308 valence electrons. The molecule has 6 aromatic rings. The van der Waals surface area contributed by atoms with Crippen LogP contribution in [0.1, 0.15) is 56.4 Å². The Bertz CT molecular complexity index is 2540. The van der Waals surface area contributed by atoms with Gasteiger partial charge in [0.25, 0.3) is 12.0 Å². The number of nitrogens with zero attached hydrogens (tertiary/aromatic N) is 6. The Labute approximate surface area is 361 Å². The van der Waals surface area contributed by atoms with E-state index in [9.17, 15) is 5.11 Å². The van der Waals surface area contributed by atoms with Gasteiger partial charge in [0.2, 0.25) is 0 Å². The van der Waals surface area contributed by atoms with Gasteiger partial charge in [0.15, 0.2) is 11.1 Å². The number of amidine groups is 2. The molecule has 14 nitrogen and oxygen atoms in total. The lowest BCUT2D eigenvalue weighted by molar-refractivity contribution is 0.263. The Morgan fingerprint density at radius 1 is 0.617 bits per heavy atom. The number of phenolic OH excluding ortho intramolecular Hbond substituents is 1. The van der Waals surface area contributed by atoms with Crippen LogP contribution in [-0.4, -0.2) is 61.3 Å². The van der Waals surface area contributed by atoms with Crippen molar-refractivity contribution in [3.05, 3.63) is 132 Å². The van der Waals surface area contributed by atoms with Crippen molar-refractivity contribution < 1.29 is 28.8 Å². The number of hydrogen-bond acceptors (Lipinski definition) is 14. The maximum atomic E-state index is 9.99. The van der Waals surface area contributed by atoms with Gasteiger partial charge in [-0.1, -0.05) is 56.0 Å². The predicted octanol–water partition coefficient (Wildman–Crippen LogP) is 8.64. The number of ether oxygens (including phenoxy) is 5. The molecule has 0 saturated carbocycles. The Morgan fingerprint density at radius 3 is 1.48 bits per heavy atom. The van der Waals surface area contributed by atoms with Crippen LogP contribution in [-0.2, 0) is 20.6 Å². The quantitative estimate of drug-likeness (QED) is 0.107. The molecule has 60 heavy (non-hydrogen) atoms. The molecule has 10 rings (SSSR count). The number of benzene rings is 4. The van der Waals surface area contributed by atoms with E-state index < -0.39 is 11.1 Å². The van der Waals surface area contributed by atoms with Crippen molar-refractivity contribution in [2.75, 3.05) is 24.2 Å². The number of aromatic hydroxyl groups is 1. The van der Waals surface area contributed by atoms with Crippen molar-refractivity contribution in [2.24, 2.45) is 21.5 Å². The van der Waals surface area contributed by atoms with Crippen LogP contribution in [0.4, 0.5) is 0 Å². The molecule has 0 amide bonds. The fourth-order valence-corrected chi connectivity index (χ4v) is 7.24. The summed E-state index contributed by atoms with van der Waals surface area (Å²) in [5, 5.41) is 9.99. The van der Waals surface area contributed by atoms with Gasteiger partial charge < -0.3 is 40.3 Å². The number of fused-ring (bicyclic) bond motifs is 8. The number of alkyl halides is 1. The standard InChI is InChI=1S/C22H20N4O3.C19H14N4O3.C3H7I.CH4/c1-2-7-27-16-4-6-20-18(9-16)22(12-28-21(23)26-22)17-8-14(3-5-19(17)29-20)15-10-24-13-25-11-15;20-18-23-19(9-25-18)14-5-11(12-7-21-10-22-8-12)1-3-16(14)26-17-4-2-13(24)6-15(17)19;1-2-3-4;/h3-6,8-11,13H,2,7,12H2,1H3,(H2,23,26);1-8,10,24H,9H2,(H2,20,23);2-3H2,1H3;1H4. The maximum absolute atomic E-state index is 9.99. The van der Waals surface area contributed by atoms with Crippen LogP contribution < -0.4 is 25.7 Å². The molecule has 6 heterocycles. The molecule has 2 spiro atoms. The van der Waals surface area contributed by atoms with Crippen molar-refractivity contribution in [3.63, 3.8) is 0 Å². The Balaban J connectivity index is 0.000000165. The van der Waals surface area contributed by atoms with Gasteiger partial charge in [-0.15, -0.1) is 0 Å². The molecule has 2 unspecified atom stereocenters. The molecule has 5 N–H and O–H groups in total. The first-order chi connectivity index (χ1) is 28.8. The zero-order valence-electron chi connectivity index (χ0n) is 32.3. The number of phenols is 1. The number of nitrogens with two attached hydrogens (primary N) is 2. The second-order valence-corrected chi connectivity index (χ2v) is 15.0. The fourth-order valence-electron chi connectivity index (χ4n) is 7.24. The van der Waals surface area contributed by atoms with Gasteiger partial charge in [0.1, 0.15) is 60.4 Å². The lowest BCUT2D eigenvalue weighted by atomic mass is 9.80. The Kier molecular flexibility index (Phi) is 12.3. The zero-order chi connectivity index (χ0) is 41.0. The van der Waals surface area contributed by atoms with Crippen molar-refractivity contribution in [3.8, 4) is 56.8 Å². The SMILES string of the molecule is C.CCCI.CCCOc1ccc2c(c1)C1(COC(N)=N1)c1cc(-c3cncnc3)ccc1O2.NC1=NC2(CO1)c1cc(O)ccc1Oc1ccc(-c3cncnc3)cc12. The first-order valence-corrected chi connectivity index (χ1v) is 20.6. The molecular formula is C45H45IN8O6. The summed E-state index contributed by atoms with van der Waals surface area (Å²) in [6.07, 6.45) is 12.3. The van der Waals surface area contributed by atoms with Crippen LogP contribution >= 0.6 is 22.6 Å². The lowest BCUT2D eigenvalue weighted by Crippen LogP contribution is -2.31. The second kappa shape index (κ2) is 17.8. The van der Waals surface area contributed by atoms with E-state index in [1.807, 2.05) is 54.6 Å². The molecule has 0 bridgehead atoms. The minimum absolute atomic E-state index is 0. The highest BCUT2D eigenvalue weighted by Gasteiger charge is 2.48. The molecule has 15 heteroatoms. The third-order valence-electron chi connectivity index (χ3n) is 10.0. The normalized spacial score (nSPS) is 18.3. The van der Waals surface area contributed by atoms with Gasteiger partial charge in [0.05, 0.1) is 6.61 Å². The van der Waals surface area contributed by atoms with Crippen LogP contribution in [0.15, 0.2) is 120 Å². The summed E-state index contributed by atoms with van der Waals surface area (Å²) in [4.78, 5) is 25.7. The average Bonchev–Trinajstić information content (AvgIpc) is 3.87. The average molecular weight is 921 g/mol. The summed E-state index contributed by atoms with van der Waals surface area (Å²) in [7, 11) is 0. The summed E-state index contributed by atoms with van der Waals surface area (Å²) in [5.74, 6) is 3.63. The predicted molar refractivity (Wildman–Crippen MR) is 238 cm³/mol. The van der Waals surface area contributed by atoms with Crippen LogP contribution in [0.25, 0.3) is 22.3 Å². The van der Waals surface area contributed by atoms with Gasteiger partial charge >= 0.3 is 0 Å². The highest BCUT2D eigenvalue weighted by Crippen LogP contribution is 2.54. The van der Waals surface area contributed by atoms with Crippen LogP contribution in [0.3, 0.4) is 0 Å². The molecule has 0 fully saturated rings. The fraction of sp³-hybridized carbons (Fsp3) is 0.244. The van der Waals surface area contributed by atoms with Gasteiger partial charge in [-0.25, -0.2) is 29.9 Å². The molecule has 4 aliphatic heterocycles. The van der Waals surface area contributed by atoms with Gasteiger partial charge in [0, 0.05) is 58.2 Å². The van der Waals surface area contributed by atoms with Crippen molar-refractivity contribution in [1.82, 2.24) is 19.9 Å². The molecule has 4 aromatic carbocycles. The van der Waals surface area contributed by atoms with E-state index in [1.54, 1.807) is 43.0 Å². The highest BCUT2D eigenvalue weighted by atomic mass is 127. The molecule has 0 radical (unpaired) electrons.